The van der Waals surface area contributed by atoms with E-state index in [1.807, 2.05) is 52.3 Å². The molecular weight excluding hydrogens is 452 g/mol. The Bertz CT molecular complexity index is 1150. The second-order valence-electron chi connectivity index (χ2n) is 8.68. The highest BCUT2D eigenvalue weighted by atomic mass is 35.5. The molecule has 1 aromatic heterocycles. The Morgan fingerprint density at radius 1 is 0.882 bits per heavy atom. The fourth-order valence-electron chi connectivity index (χ4n) is 4.61. The number of nitrogens with zero attached hydrogens (tertiary/aromatic N) is 4. The van der Waals surface area contributed by atoms with E-state index in [2.05, 4.69) is 0 Å². The van der Waals surface area contributed by atoms with Crippen molar-refractivity contribution in [2.75, 3.05) is 39.4 Å². The van der Waals surface area contributed by atoms with Crippen LogP contribution in [0.4, 0.5) is 0 Å². The molecule has 0 bridgehead atoms. The number of likely N-dealkylation sites (tertiary alicyclic amines) is 1. The first-order chi connectivity index (χ1) is 16.6. The van der Waals surface area contributed by atoms with E-state index < -0.39 is 0 Å². The maximum absolute atomic E-state index is 13.6. The molecule has 7 nitrogen and oxygen atoms in total. The molecule has 0 saturated carbocycles. The first-order valence-electron chi connectivity index (χ1n) is 11.7. The molecular formula is C26H27ClN4O3. The Labute approximate surface area is 203 Å². The molecule has 34 heavy (non-hydrogen) atoms. The number of morpholine rings is 1. The molecule has 5 rings (SSSR count). The highest BCUT2D eigenvalue weighted by Crippen LogP contribution is 2.28. The van der Waals surface area contributed by atoms with Crippen LogP contribution in [0.1, 0.15) is 23.2 Å². The van der Waals surface area contributed by atoms with Gasteiger partial charge in [-0.05, 0) is 37.1 Å². The molecule has 3 heterocycles. The van der Waals surface area contributed by atoms with Crippen molar-refractivity contribution in [3.8, 4) is 16.9 Å². The van der Waals surface area contributed by atoms with Crippen LogP contribution >= 0.6 is 11.6 Å². The van der Waals surface area contributed by atoms with Gasteiger partial charge in [-0.1, -0.05) is 41.9 Å². The van der Waals surface area contributed by atoms with Gasteiger partial charge in [0, 0.05) is 48.9 Å². The summed E-state index contributed by atoms with van der Waals surface area (Å²) in [5, 5.41) is 5.38. The molecule has 0 unspecified atom stereocenters. The molecule has 176 valence electrons. The fourth-order valence-corrected chi connectivity index (χ4v) is 4.73. The van der Waals surface area contributed by atoms with Crippen molar-refractivity contribution in [2.45, 2.75) is 12.8 Å². The lowest BCUT2D eigenvalue weighted by Crippen LogP contribution is -2.47. The number of carbonyl (C=O) groups is 2. The normalized spacial score (nSPS) is 17.1. The van der Waals surface area contributed by atoms with Gasteiger partial charge in [0.05, 0.1) is 24.5 Å². The van der Waals surface area contributed by atoms with Crippen LogP contribution in [0, 0.1) is 5.92 Å². The number of benzene rings is 2. The lowest BCUT2D eigenvalue weighted by Gasteiger charge is -2.35. The summed E-state index contributed by atoms with van der Waals surface area (Å²) in [6.07, 6.45) is 3.14. The molecule has 0 spiro atoms. The average molecular weight is 479 g/mol. The third-order valence-corrected chi connectivity index (χ3v) is 6.79. The molecule has 2 amide bonds. The SMILES string of the molecule is O=C(c1cn(-c2ccccc2)nc1-c1ccc(Cl)cc1)N1CCC(C(=O)N2CCOCC2)CC1. The smallest absolute Gasteiger partial charge is 0.257 e. The Hall–Kier alpha value is -3.16. The number of hydrogen-bond donors (Lipinski definition) is 0. The van der Waals surface area contributed by atoms with Gasteiger partial charge in [0.2, 0.25) is 5.91 Å². The number of ether oxygens (including phenoxy) is 1. The Balaban J connectivity index is 1.36. The van der Waals surface area contributed by atoms with Gasteiger partial charge in [-0.2, -0.15) is 5.10 Å². The summed E-state index contributed by atoms with van der Waals surface area (Å²) in [6, 6.07) is 17.1. The average Bonchev–Trinajstić information content (AvgIpc) is 3.35. The lowest BCUT2D eigenvalue weighted by molar-refractivity contribution is -0.141. The number of rotatable bonds is 4. The maximum atomic E-state index is 13.6. The van der Waals surface area contributed by atoms with Gasteiger partial charge >= 0.3 is 0 Å². The summed E-state index contributed by atoms with van der Waals surface area (Å²) in [7, 11) is 0. The number of aromatic nitrogens is 2. The molecule has 3 aromatic rings. The summed E-state index contributed by atoms with van der Waals surface area (Å²) in [6.45, 7) is 3.61. The second-order valence-corrected chi connectivity index (χ2v) is 9.12. The maximum Gasteiger partial charge on any atom is 0.257 e. The first kappa shape index (κ1) is 22.6. The molecule has 0 N–H and O–H groups in total. The molecule has 2 fully saturated rings. The molecule has 2 aromatic carbocycles. The van der Waals surface area contributed by atoms with Crippen LogP contribution in [0.3, 0.4) is 0 Å². The van der Waals surface area contributed by atoms with Crippen molar-refractivity contribution in [3.05, 3.63) is 71.4 Å². The quantitative estimate of drug-likeness (QED) is 0.570. The van der Waals surface area contributed by atoms with Gasteiger partial charge in [0.25, 0.3) is 5.91 Å². The topological polar surface area (TPSA) is 67.7 Å². The molecule has 2 aliphatic rings. The van der Waals surface area contributed by atoms with Gasteiger partial charge in [0.15, 0.2) is 0 Å². The van der Waals surface area contributed by atoms with E-state index >= 15 is 0 Å². The van der Waals surface area contributed by atoms with Gasteiger partial charge in [0.1, 0.15) is 5.69 Å². The third-order valence-electron chi connectivity index (χ3n) is 6.54. The zero-order valence-electron chi connectivity index (χ0n) is 18.9. The summed E-state index contributed by atoms with van der Waals surface area (Å²) in [5.41, 5.74) is 2.88. The highest BCUT2D eigenvalue weighted by molar-refractivity contribution is 6.30. The minimum Gasteiger partial charge on any atom is -0.378 e. The predicted molar refractivity (Wildman–Crippen MR) is 130 cm³/mol. The van der Waals surface area contributed by atoms with Crippen molar-refractivity contribution in [2.24, 2.45) is 5.92 Å². The van der Waals surface area contributed by atoms with Crippen LogP contribution in [0.15, 0.2) is 60.8 Å². The summed E-state index contributed by atoms with van der Waals surface area (Å²) >= 11 is 6.08. The van der Waals surface area contributed by atoms with Crippen LogP contribution in [0.2, 0.25) is 5.02 Å². The predicted octanol–water partition coefficient (Wildman–Crippen LogP) is 3.90. The second kappa shape index (κ2) is 9.99. The minimum absolute atomic E-state index is 0.0371. The monoisotopic (exact) mass is 478 g/mol. The van der Waals surface area contributed by atoms with E-state index in [1.54, 1.807) is 23.0 Å². The number of amides is 2. The van der Waals surface area contributed by atoms with Crippen LogP contribution in [-0.4, -0.2) is 70.8 Å². The van der Waals surface area contributed by atoms with Gasteiger partial charge in [-0.3, -0.25) is 9.59 Å². The first-order valence-corrected chi connectivity index (χ1v) is 12.0. The van der Waals surface area contributed by atoms with Gasteiger partial charge in [-0.25, -0.2) is 4.68 Å². The minimum atomic E-state index is -0.0654. The Morgan fingerprint density at radius 3 is 2.24 bits per heavy atom. The van der Waals surface area contributed by atoms with E-state index in [1.165, 1.54) is 0 Å². The standard InChI is InChI=1S/C26H27ClN4O3/c27-21-8-6-19(7-9-21)24-23(18-31(28-24)22-4-2-1-3-5-22)26(33)29-12-10-20(11-13-29)25(32)30-14-16-34-17-15-30/h1-9,18,20H,10-17H2. The van der Waals surface area contributed by atoms with Crippen LogP contribution in [0.25, 0.3) is 16.9 Å². The van der Waals surface area contributed by atoms with Crippen molar-refractivity contribution < 1.29 is 14.3 Å². The zero-order valence-corrected chi connectivity index (χ0v) is 19.7. The van der Waals surface area contributed by atoms with E-state index in [-0.39, 0.29) is 17.7 Å². The van der Waals surface area contributed by atoms with Crippen molar-refractivity contribution >= 4 is 23.4 Å². The van der Waals surface area contributed by atoms with Crippen molar-refractivity contribution in [1.82, 2.24) is 19.6 Å². The number of carbonyl (C=O) groups excluding carboxylic acids is 2. The summed E-state index contributed by atoms with van der Waals surface area (Å²) < 4.78 is 7.10. The van der Waals surface area contributed by atoms with Crippen LogP contribution < -0.4 is 0 Å². The molecule has 0 radical (unpaired) electrons. The van der Waals surface area contributed by atoms with E-state index in [0.717, 1.165) is 11.3 Å². The zero-order chi connectivity index (χ0) is 23.5. The number of piperidine rings is 1. The van der Waals surface area contributed by atoms with Crippen LogP contribution in [0.5, 0.6) is 0 Å². The van der Waals surface area contributed by atoms with Gasteiger partial charge < -0.3 is 14.5 Å². The number of hydrogen-bond acceptors (Lipinski definition) is 4. The third kappa shape index (κ3) is 4.72. The Kier molecular flexibility index (Phi) is 6.65. The molecule has 0 aliphatic carbocycles. The summed E-state index contributed by atoms with van der Waals surface area (Å²) in [4.78, 5) is 30.2. The highest BCUT2D eigenvalue weighted by Gasteiger charge is 2.32. The van der Waals surface area contributed by atoms with Crippen molar-refractivity contribution in [3.63, 3.8) is 0 Å². The Morgan fingerprint density at radius 2 is 1.56 bits per heavy atom. The molecule has 2 aliphatic heterocycles. The summed E-state index contributed by atoms with van der Waals surface area (Å²) in [5.74, 6) is 0.0866. The van der Waals surface area contributed by atoms with Crippen LogP contribution in [-0.2, 0) is 9.53 Å². The van der Waals surface area contributed by atoms with Crippen molar-refractivity contribution in [1.29, 1.82) is 0 Å². The molecule has 2 saturated heterocycles. The lowest BCUT2D eigenvalue weighted by atomic mass is 9.94. The van der Waals surface area contributed by atoms with E-state index in [4.69, 9.17) is 21.4 Å². The van der Waals surface area contributed by atoms with Gasteiger partial charge in [-0.15, -0.1) is 0 Å². The van der Waals surface area contributed by atoms with E-state index in [0.29, 0.717) is 68.5 Å². The molecule has 0 atom stereocenters. The number of para-hydroxylation sites is 1. The fraction of sp³-hybridized carbons (Fsp3) is 0.346. The van der Waals surface area contributed by atoms with E-state index in [9.17, 15) is 9.59 Å². The largest absolute Gasteiger partial charge is 0.378 e. The number of halogens is 1. The molecule has 8 heteroatoms.